The first kappa shape index (κ1) is 16.4. The van der Waals surface area contributed by atoms with E-state index >= 15 is 0 Å². The van der Waals surface area contributed by atoms with Gasteiger partial charge in [-0.05, 0) is 11.4 Å². The molecule has 0 unspecified atom stereocenters. The zero-order valence-electron chi connectivity index (χ0n) is 10.5. The number of carbonyl (C=O) groups excluding carboxylic acids is 1. The molecule has 112 valence electrons. The van der Waals surface area contributed by atoms with Crippen molar-refractivity contribution in [3.63, 3.8) is 0 Å². The summed E-state index contributed by atoms with van der Waals surface area (Å²) in [6, 6.07) is 2.58. The minimum absolute atomic E-state index is 0.0160. The number of carboxylic acids is 1. The Kier molecular flexibility index (Phi) is 6.42. The largest absolute Gasteiger partial charge is 0.481 e. The van der Waals surface area contributed by atoms with Gasteiger partial charge < -0.3 is 15.7 Å². The Bertz CT molecular complexity index is 541. The van der Waals surface area contributed by atoms with Gasteiger partial charge in [0, 0.05) is 19.6 Å². The Morgan fingerprint density at radius 3 is 2.50 bits per heavy atom. The average Bonchev–Trinajstić information content (AvgIpc) is 2.89. The summed E-state index contributed by atoms with van der Waals surface area (Å²) in [6.45, 7) is 0.165. The number of carboxylic acid groups (broad SMARTS) is 1. The minimum Gasteiger partial charge on any atom is -0.481 e. The topological polar surface area (TPSA) is 125 Å². The third kappa shape index (κ3) is 5.99. The van der Waals surface area contributed by atoms with E-state index in [4.69, 9.17) is 5.11 Å². The maximum atomic E-state index is 11.7. The van der Waals surface area contributed by atoms with Crippen LogP contribution in [-0.2, 0) is 14.8 Å². The molecular formula is C10H15N3O5S2. The Morgan fingerprint density at radius 1 is 1.20 bits per heavy atom. The third-order valence-corrected chi connectivity index (χ3v) is 4.95. The molecule has 0 aromatic carbocycles. The molecule has 1 heterocycles. The van der Waals surface area contributed by atoms with E-state index in [2.05, 4.69) is 15.4 Å². The number of rotatable bonds is 8. The fourth-order valence-electron chi connectivity index (χ4n) is 1.19. The first-order valence-electron chi connectivity index (χ1n) is 5.68. The number of sulfonamides is 1. The monoisotopic (exact) mass is 321 g/mol. The molecule has 0 saturated carbocycles. The third-order valence-electron chi connectivity index (χ3n) is 2.09. The Hall–Kier alpha value is -1.65. The van der Waals surface area contributed by atoms with Crippen LogP contribution in [0.4, 0.5) is 4.79 Å². The molecule has 0 radical (unpaired) electrons. The van der Waals surface area contributed by atoms with Crippen molar-refractivity contribution >= 4 is 33.4 Å². The van der Waals surface area contributed by atoms with Gasteiger partial charge in [0.05, 0.1) is 6.42 Å². The maximum absolute atomic E-state index is 11.7. The fourth-order valence-corrected chi connectivity index (χ4v) is 3.26. The number of amides is 2. The van der Waals surface area contributed by atoms with E-state index in [0.29, 0.717) is 0 Å². The summed E-state index contributed by atoms with van der Waals surface area (Å²) in [7, 11) is -3.52. The van der Waals surface area contributed by atoms with Crippen molar-refractivity contribution in [2.75, 3.05) is 19.6 Å². The molecule has 1 aromatic rings. The van der Waals surface area contributed by atoms with Crippen molar-refractivity contribution in [1.82, 2.24) is 15.4 Å². The van der Waals surface area contributed by atoms with Crippen LogP contribution in [0.1, 0.15) is 6.42 Å². The lowest BCUT2D eigenvalue weighted by atomic mass is 10.4. The van der Waals surface area contributed by atoms with E-state index in [1.165, 1.54) is 6.07 Å². The average molecular weight is 321 g/mol. The fraction of sp³-hybridized carbons (Fsp3) is 0.400. The lowest BCUT2D eigenvalue weighted by Gasteiger charge is -2.07. The second-order valence-electron chi connectivity index (χ2n) is 3.66. The van der Waals surface area contributed by atoms with Gasteiger partial charge in [-0.15, -0.1) is 11.3 Å². The standard InChI is InChI=1S/C10H15N3O5S2/c14-8(15)3-4-11-10(16)12-5-6-13-20(17,18)9-2-1-7-19-9/h1-2,7,13H,3-6H2,(H,14,15)(H2,11,12,16). The molecule has 0 bridgehead atoms. The summed E-state index contributed by atoms with van der Waals surface area (Å²) < 4.78 is 25.9. The molecule has 0 aliphatic heterocycles. The van der Waals surface area contributed by atoms with Crippen LogP contribution in [-0.4, -0.2) is 45.2 Å². The molecule has 20 heavy (non-hydrogen) atoms. The van der Waals surface area contributed by atoms with Crippen molar-refractivity contribution in [2.45, 2.75) is 10.6 Å². The molecule has 8 nitrogen and oxygen atoms in total. The van der Waals surface area contributed by atoms with Gasteiger partial charge in [-0.25, -0.2) is 17.9 Å². The second kappa shape index (κ2) is 7.82. The quantitative estimate of drug-likeness (QED) is 0.494. The summed E-state index contributed by atoms with van der Waals surface area (Å²) in [5.41, 5.74) is 0. The van der Waals surface area contributed by atoms with Crippen molar-refractivity contribution in [3.8, 4) is 0 Å². The minimum atomic E-state index is -3.52. The number of carbonyl (C=O) groups is 2. The number of aliphatic carboxylic acids is 1. The van der Waals surface area contributed by atoms with Gasteiger partial charge in [-0.1, -0.05) is 6.07 Å². The number of hydrogen-bond donors (Lipinski definition) is 4. The first-order valence-corrected chi connectivity index (χ1v) is 8.05. The molecule has 10 heteroatoms. The van der Waals surface area contributed by atoms with Crippen LogP contribution in [0.5, 0.6) is 0 Å². The van der Waals surface area contributed by atoms with Gasteiger partial charge in [-0.2, -0.15) is 0 Å². The van der Waals surface area contributed by atoms with E-state index in [-0.39, 0.29) is 30.3 Å². The highest BCUT2D eigenvalue weighted by atomic mass is 32.2. The van der Waals surface area contributed by atoms with Gasteiger partial charge in [0.25, 0.3) is 0 Å². The first-order chi connectivity index (χ1) is 9.42. The Balaban J connectivity index is 2.19. The van der Waals surface area contributed by atoms with Gasteiger partial charge >= 0.3 is 12.0 Å². The number of nitrogens with one attached hydrogen (secondary N) is 3. The summed E-state index contributed by atoms with van der Waals surface area (Å²) in [4.78, 5) is 21.4. The number of urea groups is 1. The Morgan fingerprint density at radius 2 is 1.90 bits per heavy atom. The van der Waals surface area contributed by atoms with Crippen molar-refractivity contribution in [1.29, 1.82) is 0 Å². The van der Waals surface area contributed by atoms with Crippen LogP contribution in [0.2, 0.25) is 0 Å². The highest BCUT2D eigenvalue weighted by Crippen LogP contribution is 2.14. The summed E-state index contributed by atoms with van der Waals surface area (Å²) in [5, 5.41) is 14.8. The molecule has 1 aromatic heterocycles. The van der Waals surface area contributed by atoms with E-state index < -0.39 is 22.0 Å². The van der Waals surface area contributed by atoms with E-state index in [9.17, 15) is 18.0 Å². The van der Waals surface area contributed by atoms with Crippen LogP contribution >= 0.6 is 11.3 Å². The van der Waals surface area contributed by atoms with E-state index in [0.717, 1.165) is 11.3 Å². The van der Waals surface area contributed by atoms with Crippen LogP contribution in [0.3, 0.4) is 0 Å². The zero-order valence-corrected chi connectivity index (χ0v) is 12.1. The van der Waals surface area contributed by atoms with Crippen LogP contribution in [0.25, 0.3) is 0 Å². The van der Waals surface area contributed by atoms with Gasteiger partial charge in [0.2, 0.25) is 10.0 Å². The molecule has 4 N–H and O–H groups in total. The molecule has 2 amide bonds. The molecule has 0 spiro atoms. The summed E-state index contributed by atoms with van der Waals surface area (Å²) in [5.74, 6) is -1.01. The number of hydrogen-bond acceptors (Lipinski definition) is 5. The smallest absolute Gasteiger partial charge is 0.314 e. The lowest BCUT2D eigenvalue weighted by molar-refractivity contribution is -0.136. The highest BCUT2D eigenvalue weighted by molar-refractivity contribution is 7.91. The van der Waals surface area contributed by atoms with Crippen LogP contribution in [0, 0.1) is 0 Å². The van der Waals surface area contributed by atoms with Crippen LogP contribution in [0.15, 0.2) is 21.7 Å². The summed E-state index contributed by atoms with van der Waals surface area (Å²) in [6.07, 6.45) is -0.168. The zero-order chi connectivity index (χ0) is 15.0. The van der Waals surface area contributed by atoms with Crippen molar-refractivity contribution in [3.05, 3.63) is 17.5 Å². The van der Waals surface area contributed by atoms with Crippen molar-refractivity contribution < 1.29 is 23.1 Å². The van der Waals surface area contributed by atoms with E-state index in [1.807, 2.05) is 0 Å². The Labute approximate surface area is 120 Å². The van der Waals surface area contributed by atoms with Crippen LogP contribution < -0.4 is 15.4 Å². The van der Waals surface area contributed by atoms with Gasteiger partial charge in [0.1, 0.15) is 4.21 Å². The second-order valence-corrected chi connectivity index (χ2v) is 6.60. The maximum Gasteiger partial charge on any atom is 0.314 e. The van der Waals surface area contributed by atoms with Crippen molar-refractivity contribution in [2.24, 2.45) is 0 Å². The predicted octanol–water partition coefficient (Wildman–Crippen LogP) is -0.200. The molecule has 0 aliphatic carbocycles. The highest BCUT2D eigenvalue weighted by Gasteiger charge is 2.13. The molecule has 0 aliphatic rings. The van der Waals surface area contributed by atoms with Gasteiger partial charge in [-0.3, -0.25) is 4.79 Å². The number of thiophene rings is 1. The molecule has 0 fully saturated rings. The predicted molar refractivity (Wildman–Crippen MR) is 73.2 cm³/mol. The molecule has 0 saturated heterocycles. The normalized spacial score (nSPS) is 11.0. The molecular weight excluding hydrogens is 306 g/mol. The van der Waals surface area contributed by atoms with E-state index in [1.54, 1.807) is 11.4 Å². The lowest BCUT2D eigenvalue weighted by Crippen LogP contribution is -2.40. The molecule has 0 atom stereocenters. The van der Waals surface area contributed by atoms with Gasteiger partial charge in [0.15, 0.2) is 0 Å². The molecule has 1 rings (SSSR count). The SMILES string of the molecule is O=C(O)CCNC(=O)NCCNS(=O)(=O)c1cccs1. The summed E-state index contributed by atoms with van der Waals surface area (Å²) >= 11 is 1.10.